The molecule has 0 amide bonds. The Morgan fingerprint density at radius 1 is 1.19 bits per heavy atom. The van der Waals surface area contributed by atoms with Crippen LogP contribution in [-0.4, -0.2) is 10.7 Å². The summed E-state index contributed by atoms with van der Waals surface area (Å²) in [5.41, 5.74) is 1.27. The Balaban J connectivity index is 1.77. The van der Waals surface area contributed by atoms with Crippen LogP contribution in [0, 0.1) is 6.92 Å². The van der Waals surface area contributed by atoms with Gasteiger partial charge in [-0.25, -0.2) is 0 Å². The smallest absolute Gasteiger partial charge is 0.416 e. The van der Waals surface area contributed by atoms with Crippen molar-refractivity contribution in [3.63, 3.8) is 0 Å². The highest BCUT2D eigenvalue weighted by Gasteiger charge is 2.34. The van der Waals surface area contributed by atoms with E-state index in [0.717, 1.165) is 29.0 Å². The van der Waals surface area contributed by atoms with E-state index in [9.17, 15) is 13.2 Å². The van der Waals surface area contributed by atoms with Gasteiger partial charge in [0.05, 0.1) is 11.6 Å². The standard InChI is InChI=1S/C20H21F3N2OS/c1-12-7-8-17-15(9-12)16(11-19(2,3)26-17)25-18(27)24-14-6-4-5-13(10-14)20(21,22)23/h4-10,16H,11H2,1-3H3,(H2,24,25,27). The lowest BCUT2D eigenvalue weighted by Crippen LogP contribution is -2.42. The van der Waals surface area contributed by atoms with Crippen LogP contribution in [-0.2, 0) is 6.18 Å². The third kappa shape index (κ3) is 4.71. The normalized spacial score (nSPS) is 18.2. The fourth-order valence-corrected chi connectivity index (χ4v) is 3.46. The highest BCUT2D eigenvalue weighted by molar-refractivity contribution is 7.80. The fraction of sp³-hybridized carbons (Fsp3) is 0.350. The number of benzene rings is 2. The van der Waals surface area contributed by atoms with Crippen LogP contribution in [0.25, 0.3) is 0 Å². The van der Waals surface area contributed by atoms with Crippen LogP contribution < -0.4 is 15.4 Å². The number of alkyl halides is 3. The number of aryl methyl sites for hydroxylation is 1. The molecule has 1 atom stereocenters. The van der Waals surface area contributed by atoms with Crippen LogP contribution in [0.15, 0.2) is 42.5 Å². The first kappa shape index (κ1) is 19.5. The molecule has 1 heterocycles. The summed E-state index contributed by atoms with van der Waals surface area (Å²) in [6.07, 6.45) is -3.72. The molecule has 3 rings (SSSR count). The summed E-state index contributed by atoms with van der Waals surface area (Å²) in [5, 5.41) is 6.35. The van der Waals surface area contributed by atoms with Crippen molar-refractivity contribution in [2.75, 3.05) is 5.32 Å². The maximum absolute atomic E-state index is 12.9. The Hall–Kier alpha value is -2.28. The molecule has 7 heteroatoms. The number of hydrogen-bond donors (Lipinski definition) is 2. The van der Waals surface area contributed by atoms with E-state index in [4.69, 9.17) is 17.0 Å². The third-order valence-electron chi connectivity index (χ3n) is 4.38. The van der Waals surface area contributed by atoms with E-state index in [-0.39, 0.29) is 22.4 Å². The van der Waals surface area contributed by atoms with E-state index in [2.05, 4.69) is 10.6 Å². The quantitative estimate of drug-likeness (QED) is 0.650. The molecule has 2 aromatic carbocycles. The van der Waals surface area contributed by atoms with Gasteiger partial charge in [0.1, 0.15) is 11.4 Å². The predicted octanol–water partition coefficient (Wildman–Crippen LogP) is 5.60. The van der Waals surface area contributed by atoms with E-state index in [1.165, 1.54) is 6.07 Å². The molecule has 0 spiro atoms. The Kier molecular flexibility index (Phi) is 5.08. The molecule has 1 aliphatic rings. The molecule has 0 saturated heterocycles. The molecular weight excluding hydrogens is 373 g/mol. The SMILES string of the molecule is Cc1ccc2c(c1)C(NC(=S)Nc1cccc(C(F)(F)F)c1)CC(C)(C)O2. The van der Waals surface area contributed by atoms with Gasteiger partial charge in [0.2, 0.25) is 0 Å². The van der Waals surface area contributed by atoms with E-state index in [1.54, 1.807) is 6.07 Å². The van der Waals surface area contributed by atoms with Crippen molar-refractivity contribution in [2.45, 2.75) is 45.0 Å². The second kappa shape index (κ2) is 7.03. The van der Waals surface area contributed by atoms with Crippen molar-refractivity contribution < 1.29 is 17.9 Å². The zero-order valence-corrected chi connectivity index (χ0v) is 16.1. The average Bonchev–Trinajstić information content (AvgIpc) is 2.54. The van der Waals surface area contributed by atoms with Crippen LogP contribution >= 0.6 is 12.2 Å². The lowest BCUT2D eigenvalue weighted by atomic mass is 9.89. The summed E-state index contributed by atoms with van der Waals surface area (Å²) in [7, 11) is 0. The molecule has 2 aromatic rings. The van der Waals surface area contributed by atoms with Gasteiger partial charge >= 0.3 is 6.18 Å². The van der Waals surface area contributed by atoms with E-state index in [0.29, 0.717) is 6.42 Å². The Labute approximate surface area is 161 Å². The number of hydrogen-bond acceptors (Lipinski definition) is 2. The van der Waals surface area contributed by atoms with Crippen molar-refractivity contribution >= 4 is 23.0 Å². The zero-order chi connectivity index (χ0) is 19.8. The molecule has 0 radical (unpaired) electrons. The average molecular weight is 394 g/mol. The maximum atomic E-state index is 12.9. The lowest BCUT2D eigenvalue weighted by molar-refractivity contribution is -0.137. The van der Waals surface area contributed by atoms with E-state index in [1.807, 2.05) is 39.0 Å². The van der Waals surface area contributed by atoms with Gasteiger partial charge < -0.3 is 15.4 Å². The van der Waals surface area contributed by atoms with Gasteiger partial charge in [-0.1, -0.05) is 23.8 Å². The van der Waals surface area contributed by atoms with Gasteiger partial charge in [-0.2, -0.15) is 13.2 Å². The van der Waals surface area contributed by atoms with Crippen molar-refractivity contribution in [1.29, 1.82) is 0 Å². The van der Waals surface area contributed by atoms with Crippen LogP contribution in [0.1, 0.15) is 43.0 Å². The van der Waals surface area contributed by atoms with Crippen molar-refractivity contribution in [3.8, 4) is 5.75 Å². The number of nitrogens with one attached hydrogen (secondary N) is 2. The molecule has 3 nitrogen and oxygen atoms in total. The first-order chi connectivity index (χ1) is 12.5. The minimum absolute atomic E-state index is 0.102. The highest BCUT2D eigenvalue weighted by atomic mass is 32.1. The summed E-state index contributed by atoms with van der Waals surface area (Å²) in [5.74, 6) is 0.788. The Bertz CT molecular complexity index is 865. The predicted molar refractivity (Wildman–Crippen MR) is 104 cm³/mol. The largest absolute Gasteiger partial charge is 0.487 e. The lowest BCUT2D eigenvalue weighted by Gasteiger charge is -2.38. The van der Waals surface area contributed by atoms with Crippen molar-refractivity contribution in [3.05, 3.63) is 59.2 Å². The summed E-state index contributed by atoms with van der Waals surface area (Å²) >= 11 is 5.35. The number of fused-ring (bicyclic) bond motifs is 1. The van der Waals surface area contributed by atoms with E-state index >= 15 is 0 Å². The molecule has 144 valence electrons. The third-order valence-corrected chi connectivity index (χ3v) is 4.60. The van der Waals surface area contributed by atoms with Crippen molar-refractivity contribution in [1.82, 2.24) is 5.32 Å². The van der Waals surface area contributed by atoms with Crippen molar-refractivity contribution in [2.24, 2.45) is 0 Å². The molecule has 0 bridgehead atoms. The highest BCUT2D eigenvalue weighted by Crippen LogP contribution is 2.40. The molecule has 0 fully saturated rings. The van der Waals surface area contributed by atoms with Crippen LogP contribution in [0.3, 0.4) is 0 Å². The Morgan fingerprint density at radius 3 is 2.63 bits per heavy atom. The first-order valence-corrected chi connectivity index (χ1v) is 8.99. The topological polar surface area (TPSA) is 33.3 Å². The molecule has 1 aliphatic heterocycles. The number of thiocarbonyl (C=S) groups is 1. The second-order valence-electron chi connectivity index (χ2n) is 7.34. The fourth-order valence-electron chi connectivity index (χ4n) is 3.20. The van der Waals surface area contributed by atoms with Gasteiger partial charge in [-0.3, -0.25) is 0 Å². The number of halogens is 3. The molecule has 2 N–H and O–H groups in total. The summed E-state index contributed by atoms with van der Waals surface area (Å²) < 4.78 is 44.7. The van der Waals surface area contributed by atoms with Crippen LogP contribution in [0.2, 0.25) is 0 Å². The molecule has 0 saturated carbocycles. The molecular formula is C20H21F3N2OS. The number of ether oxygens (including phenoxy) is 1. The first-order valence-electron chi connectivity index (χ1n) is 8.58. The summed E-state index contributed by atoms with van der Waals surface area (Å²) in [6, 6.07) is 10.8. The van der Waals surface area contributed by atoms with E-state index < -0.39 is 11.7 Å². The summed E-state index contributed by atoms with van der Waals surface area (Å²) in [6.45, 7) is 5.98. The summed E-state index contributed by atoms with van der Waals surface area (Å²) in [4.78, 5) is 0. The number of rotatable bonds is 2. The number of anilines is 1. The molecule has 1 unspecified atom stereocenters. The monoisotopic (exact) mass is 394 g/mol. The van der Waals surface area contributed by atoms with Gasteiger partial charge in [0.25, 0.3) is 0 Å². The molecule has 0 aromatic heterocycles. The maximum Gasteiger partial charge on any atom is 0.416 e. The molecule has 27 heavy (non-hydrogen) atoms. The van der Waals surface area contributed by atoms with Gasteiger partial charge in [0, 0.05) is 17.7 Å². The second-order valence-corrected chi connectivity index (χ2v) is 7.75. The van der Waals surface area contributed by atoms with Crippen LogP contribution in [0.4, 0.5) is 18.9 Å². The minimum Gasteiger partial charge on any atom is -0.487 e. The Morgan fingerprint density at radius 2 is 1.93 bits per heavy atom. The van der Waals surface area contributed by atoms with Gasteiger partial charge in [0.15, 0.2) is 5.11 Å². The van der Waals surface area contributed by atoms with Gasteiger partial charge in [-0.05, 0) is 57.3 Å². The zero-order valence-electron chi connectivity index (χ0n) is 15.3. The molecule has 0 aliphatic carbocycles. The van der Waals surface area contributed by atoms with Crippen LogP contribution in [0.5, 0.6) is 5.75 Å². The minimum atomic E-state index is -4.39. The van der Waals surface area contributed by atoms with Gasteiger partial charge in [-0.15, -0.1) is 0 Å².